The zero-order valence-corrected chi connectivity index (χ0v) is 28.5. The standard InChI is InChI=1S/C34H42N4O8S/c1-7-9-14-31-35-23(4)29(18-32(39)40)34(41)37(31)19-25-15-16-27(26(17-25)20-45-8-2)28-12-10-11-13-30(28)47(42,43)38(21-44-6)33-22(3)24(5)46-36-33/h10-13,15-17H,7-9,14,18-21H2,1-6H3,(H,39,40). The van der Waals surface area contributed by atoms with Crippen LogP contribution >= 0.6 is 0 Å². The van der Waals surface area contributed by atoms with E-state index in [1.54, 1.807) is 43.5 Å². The highest BCUT2D eigenvalue weighted by atomic mass is 32.2. The number of methoxy groups -OCH3 is 1. The number of hydrogen-bond acceptors (Lipinski definition) is 9. The lowest BCUT2D eigenvalue weighted by Gasteiger charge is -2.23. The number of benzene rings is 2. The molecular weight excluding hydrogens is 624 g/mol. The maximum absolute atomic E-state index is 14.3. The van der Waals surface area contributed by atoms with Crippen LogP contribution in [0, 0.1) is 20.8 Å². The number of anilines is 1. The van der Waals surface area contributed by atoms with Crippen LogP contribution in [0.15, 0.2) is 56.7 Å². The first-order chi connectivity index (χ1) is 22.4. The van der Waals surface area contributed by atoms with Crippen molar-refractivity contribution in [3.8, 4) is 11.1 Å². The number of ether oxygens (including phenoxy) is 2. The van der Waals surface area contributed by atoms with Crippen molar-refractivity contribution in [2.45, 2.75) is 78.3 Å². The van der Waals surface area contributed by atoms with Gasteiger partial charge < -0.3 is 19.1 Å². The molecule has 1 N–H and O–H groups in total. The minimum absolute atomic E-state index is 0.0433. The lowest BCUT2D eigenvalue weighted by atomic mass is 9.97. The molecule has 2 aromatic heterocycles. The molecule has 12 nitrogen and oxygen atoms in total. The fourth-order valence-electron chi connectivity index (χ4n) is 5.36. The molecule has 0 unspecified atom stereocenters. The van der Waals surface area contributed by atoms with Crippen LogP contribution in [-0.4, -0.2) is 54.6 Å². The normalized spacial score (nSPS) is 11.6. The number of carbonyl (C=O) groups is 1. The quantitative estimate of drug-likeness (QED) is 0.158. The molecule has 13 heteroatoms. The lowest BCUT2D eigenvalue weighted by molar-refractivity contribution is -0.136. The summed E-state index contributed by atoms with van der Waals surface area (Å²) in [5.41, 5.74) is 3.33. The Morgan fingerprint density at radius 2 is 1.83 bits per heavy atom. The Morgan fingerprint density at radius 1 is 1.09 bits per heavy atom. The first-order valence-electron chi connectivity index (χ1n) is 15.5. The summed E-state index contributed by atoms with van der Waals surface area (Å²) in [5, 5.41) is 13.4. The molecule has 0 fully saturated rings. The van der Waals surface area contributed by atoms with E-state index in [1.165, 1.54) is 13.2 Å². The topological polar surface area (TPSA) is 154 Å². The van der Waals surface area contributed by atoms with E-state index < -0.39 is 22.4 Å². The van der Waals surface area contributed by atoms with Gasteiger partial charge in [0.15, 0.2) is 5.82 Å². The van der Waals surface area contributed by atoms with Crippen molar-refractivity contribution in [1.82, 2.24) is 14.7 Å². The number of rotatable bonds is 16. The summed E-state index contributed by atoms with van der Waals surface area (Å²) in [6.07, 6.45) is 1.87. The number of unbranched alkanes of at least 4 members (excludes halogenated alkanes) is 1. The summed E-state index contributed by atoms with van der Waals surface area (Å²) in [6.45, 7) is 9.51. The molecule has 252 valence electrons. The van der Waals surface area contributed by atoms with Crippen LogP contribution in [0.25, 0.3) is 11.1 Å². The van der Waals surface area contributed by atoms with Crippen LogP contribution in [-0.2, 0) is 50.3 Å². The van der Waals surface area contributed by atoms with Crippen molar-refractivity contribution in [2.75, 3.05) is 24.8 Å². The van der Waals surface area contributed by atoms with E-state index in [0.29, 0.717) is 52.6 Å². The summed E-state index contributed by atoms with van der Waals surface area (Å²) < 4.78 is 47.5. The Bertz CT molecular complexity index is 1900. The van der Waals surface area contributed by atoms with Gasteiger partial charge in [-0.05, 0) is 56.9 Å². The Labute approximate surface area is 275 Å². The van der Waals surface area contributed by atoms with Gasteiger partial charge in [-0.15, -0.1) is 0 Å². The van der Waals surface area contributed by atoms with Crippen molar-refractivity contribution >= 4 is 21.8 Å². The van der Waals surface area contributed by atoms with Gasteiger partial charge in [-0.2, -0.15) is 0 Å². The van der Waals surface area contributed by atoms with Crippen LogP contribution in [0.2, 0.25) is 0 Å². The average molecular weight is 667 g/mol. The van der Waals surface area contributed by atoms with E-state index >= 15 is 0 Å². The molecule has 0 spiro atoms. The number of sulfonamides is 1. The number of carboxylic acids is 1. The Balaban J connectivity index is 1.84. The molecular formula is C34H42N4O8S. The van der Waals surface area contributed by atoms with E-state index in [4.69, 9.17) is 14.0 Å². The van der Waals surface area contributed by atoms with Gasteiger partial charge >= 0.3 is 5.97 Å². The van der Waals surface area contributed by atoms with E-state index in [2.05, 4.69) is 10.1 Å². The highest BCUT2D eigenvalue weighted by Gasteiger charge is 2.32. The maximum Gasteiger partial charge on any atom is 0.308 e. The first kappa shape index (κ1) is 35.5. The number of aromatic nitrogens is 3. The molecule has 4 aromatic rings. The van der Waals surface area contributed by atoms with Crippen LogP contribution in [0.5, 0.6) is 0 Å². The monoisotopic (exact) mass is 666 g/mol. The second-order valence-corrected chi connectivity index (χ2v) is 13.1. The minimum atomic E-state index is -4.20. The third-order valence-electron chi connectivity index (χ3n) is 7.96. The second-order valence-electron chi connectivity index (χ2n) is 11.2. The Morgan fingerprint density at radius 3 is 2.47 bits per heavy atom. The number of nitrogens with zero attached hydrogens (tertiary/aromatic N) is 4. The van der Waals surface area contributed by atoms with Crippen LogP contribution in [0.3, 0.4) is 0 Å². The molecule has 0 atom stereocenters. The molecule has 2 heterocycles. The van der Waals surface area contributed by atoms with Gasteiger partial charge in [0.25, 0.3) is 15.6 Å². The maximum atomic E-state index is 14.3. The second kappa shape index (κ2) is 15.5. The van der Waals surface area contributed by atoms with Gasteiger partial charge in [0.05, 0.1) is 24.5 Å². The lowest BCUT2D eigenvalue weighted by Crippen LogP contribution is -2.34. The van der Waals surface area contributed by atoms with Gasteiger partial charge in [-0.1, -0.05) is 54.9 Å². The molecule has 0 aliphatic heterocycles. The SMILES string of the molecule is CCCCc1nc(C)c(CC(=O)O)c(=O)n1Cc1ccc(-c2ccccc2S(=O)(=O)N(COC)c2noc(C)c2C)c(COCC)c1. The van der Waals surface area contributed by atoms with E-state index in [-0.39, 0.29) is 41.7 Å². The van der Waals surface area contributed by atoms with Gasteiger partial charge in [0.2, 0.25) is 0 Å². The van der Waals surface area contributed by atoms with E-state index in [0.717, 1.165) is 22.7 Å². The molecule has 0 aliphatic rings. The van der Waals surface area contributed by atoms with Crippen molar-refractivity contribution in [3.05, 3.63) is 92.4 Å². The highest BCUT2D eigenvalue weighted by Crippen LogP contribution is 2.35. The van der Waals surface area contributed by atoms with Crippen molar-refractivity contribution in [2.24, 2.45) is 0 Å². The van der Waals surface area contributed by atoms with Crippen LogP contribution < -0.4 is 9.86 Å². The average Bonchev–Trinajstić information content (AvgIpc) is 3.37. The van der Waals surface area contributed by atoms with Crippen molar-refractivity contribution in [1.29, 1.82) is 0 Å². The number of aliphatic carboxylic acids is 1. The first-order valence-corrected chi connectivity index (χ1v) is 16.9. The van der Waals surface area contributed by atoms with Gasteiger partial charge in [0.1, 0.15) is 18.3 Å². The van der Waals surface area contributed by atoms with Gasteiger partial charge in [-0.25, -0.2) is 17.7 Å². The Hall–Kier alpha value is -4.33. The predicted molar refractivity (Wildman–Crippen MR) is 177 cm³/mol. The van der Waals surface area contributed by atoms with Gasteiger partial charge in [0, 0.05) is 42.5 Å². The number of hydrogen-bond donors (Lipinski definition) is 1. The molecule has 0 radical (unpaired) electrons. The Kier molecular flexibility index (Phi) is 11.7. The largest absolute Gasteiger partial charge is 0.481 e. The zero-order valence-electron chi connectivity index (χ0n) is 27.7. The summed E-state index contributed by atoms with van der Waals surface area (Å²) in [7, 11) is -2.79. The van der Waals surface area contributed by atoms with Crippen molar-refractivity contribution < 1.29 is 32.3 Å². The fourth-order valence-corrected chi connectivity index (χ4v) is 6.94. The summed E-state index contributed by atoms with van der Waals surface area (Å²) in [4.78, 5) is 29.8. The molecule has 0 bridgehead atoms. The molecule has 2 aromatic carbocycles. The van der Waals surface area contributed by atoms with Gasteiger partial charge in [-0.3, -0.25) is 14.2 Å². The third kappa shape index (κ3) is 7.80. The zero-order chi connectivity index (χ0) is 34.3. The molecule has 0 saturated heterocycles. The van der Waals surface area contributed by atoms with Crippen molar-refractivity contribution in [3.63, 3.8) is 0 Å². The molecule has 4 rings (SSSR count). The number of aryl methyl sites for hydroxylation is 3. The van der Waals surface area contributed by atoms with E-state index in [1.807, 2.05) is 32.0 Å². The smallest absolute Gasteiger partial charge is 0.308 e. The minimum Gasteiger partial charge on any atom is -0.481 e. The molecule has 0 amide bonds. The summed E-state index contributed by atoms with van der Waals surface area (Å²) in [6, 6.07) is 12.2. The van der Waals surface area contributed by atoms with E-state index in [9.17, 15) is 23.1 Å². The molecule has 47 heavy (non-hydrogen) atoms. The third-order valence-corrected chi connectivity index (χ3v) is 9.73. The van der Waals surface area contributed by atoms with Crippen LogP contribution in [0.4, 0.5) is 5.82 Å². The molecule has 0 saturated carbocycles. The molecule has 0 aliphatic carbocycles. The van der Waals surface area contributed by atoms with Crippen LogP contribution in [0.1, 0.15) is 66.2 Å². The highest BCUT2D eigenvalue weighted by molar-refractivity contribution is 7.93. The number of carboxylic acid groups (broad SMARTS) is 1. The fraction of sp³-hybridized carbons (Fsp3) is 0.412. The summed E-state index contributed by atoms with van der Waals surface area (Å²) in [5.74, 6) is 0.124. The summed E-state index contributed by atoms with van der Waals surface area (Å²) >= 11 is 0. The predicted octanol–water partition coefficient (Wildman–Crippen LogP) is 5.18.